The van der Waals surface area contributed by atoms with Crippen LogP contribution in [0.4, 0.5) is 4.39 Å². The van der Waals surface area contributed by atoms with E-state index in [0.29, 0.717) is 15.6 Å². The normalized spacial score (nSPS) is 12.5. The molecule has 1 nitrogen and oxygen atoms in total. The Morgan fingerprint density at radius 2 is 1.85 bits per heavy atom. The summed E-state index contributed by atoms with van der Waals surface area (Å²) in [6.45, 7) is 3.57. The molecule has 0 amide bonds. The van der Waals surface area contributed by atoms with Crippen molar-refractivity contribution in [3.8, 4) is 0 Å². The van der Waals surface area contributed by atoms with E-state index in [9.17, 15) is 4.39 Å². The van der Waals surface area contributed by atoms with Crippen molar-refractivity contribution in [2.24, 2.45) is 5.73 Å². The Bertz CT molecular complexity index is 644. The van der Waals surface area contributed by atoms with Gasteiger partial charge in [-0.25, -0.2) is 4.39 Å². The van der Waals surface area contributed by atoms with Gasteiger partial charge in [-0.3, -0.25) is 0 Å². The fraction of sp³-hybridized carbons (Fsp3) is 0.200. The third-order valence-corrected chi connectivity index (χ3v) is 4.70. The molecule has 0 aliphatic rings. The number of hydrogen-bond acceptors (Lipinski definition) is 2. The summed E-state index contributed by atoms with van der Waals surface area (Å²) in [7, 11) is 0. The van der Waals surface area contributed by atoms with Gasteiger partial charge in [0.1, 0.15) is 5.82 Å². The van der Waals surface area contributed by atoms with Crippen LogP contribution >= 0.6 is 35.0 Å². The van der Waals surface area contributed by atoms with Crippen LogP contribution in [0.3, 0.4) is 0 Å². The molecule has 2 rings (SSSR count). The highest BCUT2D eigenvalue weighted by atomic mass is 35.5. The summed E-state index contributed by atoms with van der Waals surface area (Å²) in [6, 6.07) is 8.48. The highest BCUT2D eigenvalue weighted by Crippen LogP contribution is 2.36. The summed E-state index contributed by atoms with van der Waals surface area (Å²) in [4.78, 5) is 1.87. The van der Waals surface area contributed by atoms with Crippen molar-refractivity contribution in [2.45, 2.75) is 29.7 Å². The van der Waals surface area contributed by atoms with Crippen LogP contribution in [0.2, 0.25) is 10.0 Å². The van der Waals surface area contributed by atoms with Gasteiger partial charge in [0.15, 0.2) is 0 Å². The number of benzene rings is 2. The maximum absolute atomic E-state index is 13.7. The van der Waals surface area contributed by atoms with E-state index in [4.69, 9.17) is 28.9 Å². The maximum atomic E-state index is 13.7. The molecule has 0 saturated carbocycles. The molecule has 0 saturated heterocycles. The molecule has 1 unspecified atom stereocenters. The molecule has 0 spiro atoms. The largest absolute Gasteiger partial charge is 0.324 e. The van der Waals surface area contributed by atoms with Gasteiger partial charge in [-0.1, -0.05) is 35.0 Å². The van der Waals surface area contributed by atoms with Gasteiger partial charge in [-0.2, -0.15) is 0 Å². The standard InChI is InChI=1S/C15H14Cl2FNS/c1-8-5-15(11(9(2)19)7-14(8)18)20-10-3-4-12(16)13(17)6-10/h3-7,9H,19H2,1-2H3. The quantitative estimate of drug-likeness (QED) is 0.791. The van der Waals surface area contributed by atoms with Gasteiger partial charge in [0.05, 0.1) is 10.0 Å². The minimum Gasteiger partial charge on any atom is -0.324 e. The zero-order chi connectivity index (χ0) is 14.9. The molecule has 5 heteroatoms. The third-order valence-electron chi connectivity index (χ3n) is 2.90. The molecule has 20 heavy (non-hydrogen) atoms. The van der Waals surface area contributed by atoms with Gasteiger partial charge in [-0.15, -0.1) is 0 Å². The van der Waals surface area contributed by atoms with Crippen molar-refractivity contribution in [1.82, 2.24) is 0 Å². The number of halogens is 3. The van der Waals surface area contributed by atoms with Crippen LogP contribution in [-0.2, 0) is 0 Å². The second-order valence-electron chi connectivity index (χ2n) is 4.61. The monoisotopic (exact) mass is 329 g/mol. The average Bonchev–Trinajstić information content (AvgIpc) is 2.37. The van der Waals surface area contributed by atoms with Crippen LogP contribution in [0.1, 0.15) is 24.1 Å². The molecule has 2 aromatic rings. The highest BCUT2D eigenvalue weighted by Gasteiger charge is 2.12. The zero-order valence-electron chi connectivity index (χ0n) is 11.1. The molecule has 0 heterocycles. The first-order valence-electron chi connectivity index (χ1n) is 6.07. The lowest BCUT2D eigenvalue weighted by molar-refractivity contribution is 0.610. The molecule has 1 atom stereocenters. The fourth-order valence-corrected chi connectivity index (χ4v) is 3.31. The summed E-state index contributed by atoms with van der Waals surface area (Å²) in [5, 5.41) is 1.01. The van der Waals surface area contributed by atoms with E-state index in [1.165, 1.54) is 17.8 Å². The maximum Gasteiger partial charge on any atom is 0.126 e. The topological polar surface area (TPSA) is 26.0 Å². The Kier molecular flexibility index (Phi) is 4.97. The van der Waals surface area contributed by atoms with E-state index in [-0.39, 0.29) is 11.9 Å². The van der Waals surface area contributed by atoms with Crippen molar-refractivity contribution in [2.75, 3.05) is 0 Å². The van der Waals surface area contributed by atoms with Crippen LogP contribution in [0, 0.1) is 12.7 Å². The molecule has 2 N–H and O–H groups in total. The van der Waals surface area contributed by atoms with E-state index >= 15 is 0 Å². The predicted octanol–water partition coefficient (Wildman–Crippen LogP) is 5.61. The Balaban J connectivity index is 2.41. The number of aryl methyl sites for hydroxylation is 1. The molecular formula is C15H14Cl2FNS. The van der Waals surface area contributed by atoms with Gasteiger partial charge in [0, 0.05) is 15.8 Å². The summed E-state index contributed by atoms with van der Waals surface area (Å²) < 4.78 is 13.7. The van der Waals surface area contributed by atoms with Crippen LogP contribution in [0.15, 0.2) is 40.1 Å². The molecule has 0 radical (unpaired) electrons. The minimum atomic E-state index is -0.240. The van der Waals surface area contributed by atoms with Crippen LogP contribution in [0.25, 0.3) is 0 Å². The van der Waals surface area contributed by atoms with E-state index < -0.39 is 0 Å². The first-order valence-corrected chi connectivity index (χ1v) is 7.64. The highest BCUT2D eigenvalue weighted by molar-refractivity contribution is 7.99. The minimum absolute atomic E-state index is 0.240. The van der Waals surface area contributed by atoms with Crippen LogP contribution in [-0.4, -0.2) is 0 Å². The average molecular weight is 330 g/mol. The Hall–Kier alpha value is -0.740. The SMILES string of the molecule is Cc1cc(Sc2ccc(Cl)c(Cl)c2)c(C(C)N)cc1F. The van der Waals surface area contributed by atoms with E-state index in [0.717, 1.165) is 15.4 Å². The molecule has 0 aromatic heterocycles. The number of hydrogen-bond donors (Lipinski definition) is 1. The summed E-state index contributed by atoms with van der Waals surface area (Å²) in [5.74, 6) is -0.240. The fourth-order valence-electron chi connectivity index (χ4n) is 1.78. The van der Waals surface area contributed by atoms with Gasteiger partial charge >= 0.3 is 0 Å². The number of nitrogens with two attached hydrogens (primary N) is 1. The Morgan fingerprint density at radius 1 is 1.15 bits per heavy atom. The smallest absolute Gasteiger partial charge is 0.126 e. The summed E-state index contributed by atoms with van der Waals surface area (Å²) in [5.41, 5.74) is 7.29. The molecular weight excluding hydrogens is 316 g/mol. The van der Waals surface area contributed by atoms with Crippen LogP contribution in [0.5, 0.6) is 0 Å². The second-order valence-corrected chi connectivity index (χ2v) is 6.54. The molecule has 0 aliphatic heterocycles. The van der Waals surface area contributed by atoms with Gasteiger partial charge in [0.2, 0.25) is 0 Å². The lowest BCUT2D eigenvalue weighted by Gasteiger charge is -2.14. The molecule has 0 aliphatic carbocycles. The van der Waals surface area contributed by atoms with E-state index in [1.54, 1.807) is 25.1 Å². The first kappa shape index (κ1) is 15.6. The van der Waals surface area contributed by atoms with Crippen LogP contribution < -0.4 is 5.73 Å². The summed E-state index contributed by atoms with van der Waals surface area (Å²) in [6.07, 6.45) is 0. The van der Waals surface area contributed by atoms with E-state index in [2.05, 4.69) is 0 Å². The Morgan fingerprint density at radius 3 is 2.45 bits per heavy atom. The van der Waals surface area contributed by atoms with Gasteiger partial charge < -0.3 is 5.73 Å². The molecule has 0 bridgehead atoms. The lowest BCUT2D eigenvalue weighted by atomic mass is 10.1. The third kappa shape index (κ3) is 3.47. The molecule has 2 aromatic carbocycles. The molecule has 106 valence electrons. The lowest BCUT2D eigenvalue weighted by Crippen LogP contribution is -2.07. The summed E-state index contributed by atoms with van der Waals surface area (Å²) >= 11 is 13.4. The first-order chi connectivity index (χ1) is 9.38. The number of rotatable bonds is 3. The van der Waals surface area contributed by atoms with Crippen molar-refractivity contribution in [3.63, 3.8) is 0 Å². The predicted molar refractivity (Wildman–Crippen MR) is 84.3 cm³/mol. The van der Waals surface area contributed by atoms with Crippen molar-refractivity contribution >= 4 is 35.0 Å². The Labute approximate surface area is 132 Å². The van der Waals surface area contributed by atoms with Gasteiger partial charge in [-0.05, 0) is 55.3 Å². The van der Waals surface area contributed by atoms with Crippen molar-refractivity contribution in [1.29, 1.82) is 0 Å². The van der Waals surface area contributed by atoms with Crippen molar-refractivity contribution < 1.29 is 4.39 Å². The van der Waals surface area contributed by atoms with E-state index in [1.807, 2.05) is 13.0 Å². The second kappa shape index (κ2) is 6.35. The van der Waals surface area contributed by atoms with Gasteiger partial charge in [0.25, 0.3) is 0 Å². The zero-order valence-corrected chi connectivity index (χ0v) is 13.4. The molecule has 0 fully saturated rings. The van der Waals surface area contributed by atoms with Crippen molar-refractivity contribution in [3.05, 3.63) is 57.3 Å².